The SMILES string of the molecule is CC(C)(C)[Si](C)(C)OCC1OC(n2cnc3c(Nc4ccc5ccc6cccc7ccc4c5c67)ncnc32)CC1O[Si](C)(C)C(C)(C)C. The first-order chi connectivity index (χ1) is 22.5. The number of aromatic nitrogens is 4. The van der Waals surface area contributed by atoms with Crippen LogP contribution in [0.5, 0.6) is 0 Å². The minimum Gasteiger partial charge on any atom is -0.414 e. The molecular formula is C38H49N5O3Si2. The van der Waals surface area contributed by atoms with E-state index in [-0.39, 0.29) is 28.5 Å². The van der Waals surface area contributed by atoms with Gasteiger partial charge >= 0.3 is 0 Å². The quantitative estimate of drug-likeness (QED) is 0.127. The number of rotatable bonds is 8. The van der Waals surface area contributed by atoms with E-state index < -0.39 is 16.6 Å². The fourth-order valence-electron chi connectivity index (χ4n) is 6.33. The number of benzene rings is 4. The Morgan fingerprint density at radius 2 is 1.46 bits per heavy atom. The summed E-state index contributed by atoms with van der Waals surface area (Å²) in [6, 6.07) is 19.6. The Hall–Kier alpha value is -3.42. The fraction of sp³-hybridized carbons (Fsp3) is 0.447. The first-order valence-electron chi connectivity index (χ1n) is 17.1. The van der Waals surface area contributed by atoms with Gasteiger partial charge in [-0.05, 0) is 69.3 Å². The molecule has 1 aliphatic heterocycles. The third-order valence-electron chi connectivity index (χ3n) is 11.3. The van der Waals surface area contributed by atoms with E-state index in [0.717, 1.165) is 16.7 Å². The van der Waals surface area contributed by atoms with Crippen LogP contribution in [0.1, 0.15) is 54.2 Å². The van der Waals surface area contributed by atoms with Crippen molar-refractivity contribution in [2.45, 2.75) is 103 Å². The topological polar surface area (TPSA) is 83.3 Å². The molecule has 0 amide bonds. The molecule has 7 rings (SSSR count). The lowest BCUT2D eigenvalue weighted by Crippen LogP contribution is -2.48. The zero-order chi connectivity index (χ0) is 34.2. The lowest BCUT2D eigenvalue weighted by molar-refractivity contribution is -0.0383. The molecule has 1 N–H and O–H groups in total. The van der Waals surface area contributed by atoms with Gasteiger partial charge in [-0.3, -0.25) is 4.57 Å². The second-order valence-electron chi connectivity index (χ2n) is 16.5. The molecule has 4 aromatic carbocycles. The van der Waals surface area contributed by atoms with Crippen molar-refractivity contribution in [3.63, 3.8) is 0 Å². The first kappa shape index (κ1) is 33.1. The predicted molar refractivity (Wildman–Crippen MR) is 202 cm³/mol. The summed E-state index contributed by atoms with van der Waals surface area (Å²) >= 11 is 0. The van der Waals surface area contributed by atoms with Crippen LogP contribution < -0.4 is 5.32 Å². The average Bonchev–Trinajstić information content (AvgIpc) is 3.62. The van der Waals surface area contributed by atoms with E-state index in [1.54, 1.807) is 6.33 Å². The number of nitrogens with one attached hydrogen (secondary N) is 1. The highest BCUT2D eigenvalue weighted by Gasteiger charge is 2.47. The molecule has 3 unspecified atom stereocenters. The molecule has 252 valence electrons. The maximum absolute atomic E-state index is 7.03. The van der Waals surface area contributed by atoms with Gasteiger partial charge in [0.05, 0.1) is 19.0 Å². The zero-order valence-electron chi connectivity index (χ0n) is 30.0. The molecule has 0 radical (unpaired) electrons. The molecule has 8 nitrogen and oxygen atoms in total. The van der Waals surface area contributed by atoms with Crippen molar-refractivity contribution in [1.82, 2.24) is 19.5 Å². The Balaban J connectivity index is 1.20. The number of imidazole rings is 1. The summed E-state index contributed by atoms with van der Waals surface area (Å²) in [5.74, 6) is 0.665. The summed E-state index contributed by atoms with van der Waals surface area (Å²) in [7, 11) is -4.06. The molecule has 6 aromatic rings. The molecule has 1 saturated heterocycles. The van der Waals surface area contributed by atoms with Gasteiger partial charge in [0.2, 0.25) is 0 Å². The van der Waals surface area contributed by atoms with Crippen molar-refractivity contribution < 1.29 is 13.6 Å². The van der Waals surface area contributed by atoms with Gasteiger partial charge in [-0.2, -0.15) is 0 Å². The highest BCUT2D eigenvalue weighted by atomic mass is 28.4. The monoisotopic (exact) mass is 679 g/mol. The Morgan fingerprint density at radius 3 is 2.15 bits per heavy atom. The molecule has 48 heavy (non-hydrogen) atoms. The van der Waals surface area contributed by atoms with Crippen LogP contribution in [-0.4, -0.2) is 55.0 Å². The van der Waals surface area contributed by atoms with Gasteiger partial charge in [-0.15, -0.1) is 0 Å². The Bertz CT molecular complexity index is 2100. The molecule has 0 spiro atoms. The Morgan fingerprint density at radius 1 is 0.812 bits per heavy atom. The van der Waals surface area contributed by atoms with E-state index >= 15 is 0 Å². The van der Waals surface area contributed by atoms with E-state index in [1.807, 2.05) is 10.9 Å². The lowest BCUT2D eigenvalue weighted by atomic mass is 9.93. The van der Waals surface area contributed by atoms with Crippen LogP contribution in [0.15, 0.2) is 67.3 Å². The van der Waals surface area contributed by atoms with E-state index in [4.69, 9.17) is 23.6 Å². The molecule has 2 aromatic heterocycles. The smallest absolute Gasteiger partial charge is 0.192 e. The molecule has 1 aliphatic rings. The summed E-state index contributed by atoms with van der Waals surface area (Å²) in [6.07, 6.45) is 3.58. The van der Waals surface area contributed by atoms with E-state index in [9.17, 15) is 0 Å². The molecule has 10 heteroatoms. The van der Waals surface area contributed by atoms with Crippen LogP contribution in [0, 0.1) is 0 Å². The van der Waals surface area contributed by atoms with Crippen LogP contribution in [0.2, 0.25) is 36.3 Å². The number of nitrogens with zero attached hydrogens (tertiary/aromatic N) is 4. The van der Waals surface area contributed by atoms with Gasteiger partial charge in [0.15, 0.2) is 33.6 Å². The third kappa shape index (κ3) is 5.71. The second kappa shape index (κ2) is 11.6. The number of hydrogen-bond acceptors (Lipinski definition) is 7. The van der Waals surface area contributed by atoms with Crippen molar-refractivity contribution in [2.24, 2.45) is 0 Å². The van der Waals surface area contributed by atoms with Crippen LogP contribution in [0.3, 0.4) is 0 Å². The first-order valence-corrected chi connectivity index (χ1v) is 22.9. The summed E-state index contributed by atoms with van der Waals surface area (Å²) in [5.41, 5.74) is 2.42. The highest BCUT2D eigenvalue weighted by Crippen LogP contribution is 2.44. The maximum atomic E-state index is 7.03. The molecule has 0 bridgehead atoms. The molecule has 0 aliphatic carbocycles. The van der Waals surface area contributed by atoms with Crippen LogP contribution in [0.4, 0.5) is 11.5 Å². The summed E-state index contributed by atoms with van der Waals surface area (Å²) in [6.45, 7) is 23.4. The lowest BCUT2D eigenvalue weighted by Gasteiger charge is -2.40. The van der Waals surface area contributed by atoms with E-state index in [1.165, 1.54) is 26.9 Å². The Kier molecular flexibility index (Phi) is 7.99. The summed E-state index contributed by atoms with van der Waals surface area (Å²) in [4.78, 5) is 14.2. The molecule has 0 saturated carbocycles. The van der Waals surface area contributed by atoms with Crippen molar-refractivity contribution in [1.29, 1.82) is 0 Å². The average molecular weight is 680 g/mol. The van der Waals surface area contributed by atoms with E-state index in [0.29, 0.717) is 24.4 Å². The van der Waals surface area contributed by atoms with Crippen molar-refractivity contribution in [2.75, 3.05) is 11.9 Å². The standard InChI is InChI=1S/C38H49N5O3Si2/c1-37(2,3)47(7,8)44-21-30-29(46-48(9,10)38(4,5)6)20-31(45-30)43-23-41-34-35(39-22-40-36(34)43)42-28-19-17-26-15-14-24-12-11-13-25-16-18-27(28)33(26)32(24)25/h11-19,22-23,29-31H,20-21H2,1-10H3,(H,39,40,42). The van der Waals surface area contributed by atoms with Crippen LogP contribution in [0.25, 0.3) is 43.5 Å². The number of hydrogen-bond donors (Lipinski definition) is 1. The third-order valence-corrected chi connectivity index (χ3v) is 20.3. The summed E-state index contributed by atoms with van der Waals surface area (Å²) < 4.78 is 22.6. The van der Waals surface area contributed by atoms with Crippen LogP contribution in [-0.2, 0) is 13.6 Å². The van der Waals surface area contributed by atoms with Gasteiger partial charge in [0.1, 0.15) is 18.7 Å². The zero-order valence-corrected chi connectivity index (χ0v) is 32.0. The van der Waals surface area contributed by atoms with Gasteiger partial charge in [0.25, 0.3) is 0 Å². The van der Waals surface area contributed by atoms with Crippen molar-refractivity contribution in [3.8, 4) is 0 Å². The van der Waals surface area contributed by atoms with Gasteiger partial charge in [-0.1, -0.05) is 90.1 Å². The minimum atomic E-state index is -2.08. The van der Waals surface area contributed by atoms with Gasteiger partial charge in [0, 0.05) is 17.5 Å². The molecule has 3 atom stereocenters. The molecule has 3 heterocycles. The fourth-order valence-corrected chi connectivity index (χ4v) is 8.71. The number of fused-ring (bicyclic) bond motifs is 1. The normalized spacial score (nSPS) is 19.8. The second-order valence-corrected chi connectivity index (χ2v) is 26.1. The minimum absolute atomic E-state index is 0.0799. The van der Waals surface area contributed by atoms with Crippen LogP contribution >= 0.6 is 0 Å². The maximum Gasteiger partial charge on any atom is 0.192 e. The van der Waals surface area contributed by atoms with Crippen molar-refractivity contribution in [3.05, 3.63) is 67.3 Å². The van der Waals surface area contributed by atoms with Crippen molar-refractivity contribution >= 4 is 71.6 Å². The number of anilines is 2. The van der Waals surface area contributed by atoms with E-state index in [2.05, 4.69) is 133 Å². The van der Waals surface area contributed by atoms with Gasteiger partial charge < -0.3 is 18.9 Å². The Labute approximate surface area is 285 Å². The predicted octanol–water partition coefficient (Wildman–Crippen LogP) is 10.2. The molecular weight excluding hydrogens is 631 g/mol. The largest absolute Gasteiger partial charge is 0.414 e. The molecule has 1 fully saturated rings. The highest BCUT2D eigenvalue weighted by molar-refractivity contribution is 6.74. The van der Waals surface area contributed by atoms with Gasteiger partial charge in [-0.25, -0.2) is 15.0 Å². The summed E-state index contributed by atoms with van der Waals surface area (Å²) in [5, 5.41) is 11.2. The number of ether oxygens (including phenoxy) is 1.